The topological polar surface area (TPSA) is 45.5 Å². The maximum atomic E-state index is 4.44. The first-order chi connectivity index (χ1) is 11.8. The van der Waals surface area contributed by atoms with E-state index in [-0.39, 0.29) is 0 Å². The number of hydrogen-bond donors (Lipinski definition) is 1. The molecule has 0 spiro atoms. The molecule has 0 aliphatic carbocycles. The van der Waals surface area contributed by atoms with Gasteiger partial charge >= 0.3 is 0 Å². The Hall–Kier alpha value is -2.30. The Labute approximate surface area is 144 Å². The third kappa shape index (κ3) is 4.60. The highest BCUT2D eigenvalue weighted by Crippen LogP contribution is 2.21. The fourth-order valence-corrected chi connectivity index (χ4v) is 3.34. The van der Waals surface area contributed by atoms with Crippen LogP contribution in [-0.2, 0) is 13.0 Å². The summed E-state index contributed by atoms with van der Waals surface area (Å²) >= 11 is 0. The number of hydrogen-bond acceptors (Lipinski definition) is 2. The molecule has 1 aliphatic rings. The molecule has 0 saturated carbocycles. The third-order valence-electron chi connectivity index (χ3n) is 4.68. The average molecular weight is 325 g/mol. The number of rotatable bonds is 5. The number of piperidine rings is 1. The highest BCUT2D eigenvalue weighted by Gasteiger charge is 2.21. The van der Waals surface area contributed by atoms with Crippen LogP contribution in [0.3, 0.4) is 0 Å². The molecule has 0 atom stereocenters. The van der Waals surface area contributed by atoms with Gasteiger partial charge in [-0.25, -0.2) is 0 Å². The Morgan fingerprint density at radius 2 is 2.00 bits per heavy atom. The second-order valence-corrected chi connectivity index (χ2v) is 6.36. The van der Waals surface area contributed by atoms with Gasteiger partial charge in [0.25, 0.3) is 0 Å². The van der Waals surface area contributed by atoms with Crippen molar-refractivity contribution in [3.63, 3.8) is 0 Å². The van der Waals surface area contributed by atoms with Crippen LogP contribution in [0.4, 0.5) is 0 Å². The van der Waals surface area contributed by atoms with Crippen LogP contribution in [0.1, 0.15) is 18.4 Å². The summed E-state index contributed by atoms with van der Waals surface area (Å²) in [6.07, 6.45) is 7.45. The molecular weight excluding hydrogens is 298 g/mol. The number of nitrogens with one attached hydrogen (secondary N) is 1. The lowest BCUT2D eigenvalue weighted by molar-refractivity contribution is 0.259. The van der Waals surface area contributed by atoms with Crippen molar-refractivity contribution in [2.45, 2.75) is 25.8 Å². The van der Waals surface area contributed by atoms with E-state index in [0.717, 1.165) is 38.1 Å². The molecule has 2 aromatic rings. The average Bonchev–Trinajstić information content (AvgIpc) is 3.14. The SMILES string of the molecule is CN=C(NCCn1cccn1)N1CCC(Cc2ccccc2)CC1. The first kappa shape index (κ1) is 16.6. The summed E-state index contributed by atoms with van der Waals surface area (Å²) in [5.74, 6) is 1.80. The molecule has 0 unspecified atom stereocenters. The quantitative estimate of drug-likeness (QED) is 0.678. The van der Waals surface area contributed by atoms with E-state index in [0.29, 0.717) is 0 Å². The van der Waals surface area contributed by atoms with Gasteiger partial charge in [0.2, 0.25) is 0 Å². The van der Waals surface area contributed by atoms with E-state index in [4.69, 9.17) is 0 Å². The summed E-state index contributed by atoms with van der Waals surface area (Å²) in [6.45, 7) is 3.87. The van der Waals surface area contributed by atoms with E-state index < -0.39 is 0 Å². The summed E-state index contributed by atoms with van der Waals surface area (Å²) in [5, 5.41) is 7.68. The number of aliphatic imine (C=N–C) groups is 1. The van der Waals surface area contributed by atoms with Gasteiger partial charge in [0.15, 0.2) is 5.96 Å². The zero-order chi connectivity index (χ0) is 16.6. The lowest BCUT2D eigenvalue weighted by Crippen LogP contribution is -2.46. The fraction of sp³-hybridized carbons (Fsp3) is 0.474. The Balaban J connectivity index is 1.42. The predicted molar refractivity (Wildman–Crippen MR) is 98.0 cm³/mol. The third-order valence-corrected chi connectivity index (χ3v) is 4.68. The van der Waals surface area contributed by atoms with Crippen LogP contribution in [0, 0.1) is 5.92 Å². The van der Waals surface area contributed by atoms with E-state index in [1.807, 2.05) is 30.2 Å². The van der Waals surface area contributed by atoms with Gasteiger partial charge in [-0.05, 0) is 36.8 Å². The van der Waals surface area contributed by atoms with Crippen molar-refractivity contribution < 1.29 is 0 Å². The second-order valence-electron chi connectivity index (χ2n) is 6.36. The van der Waals surface area contributed by atoms with Crippen molar-refractivity contribution in [1.29, 1.82) is 0 Å². The van der Waals surface area contributed by atoms with Gasteiger partial charge < -0.3 is 10.2 Å². The first-order valence-electron chi connectivity index (χ1n) is 8.82. The highest BCUT2D eigenvalue weighted by molar-refractivity contribution is 5.79. The standard InChI is InChI=1S/C19H27N5/c1-20-19(21-11-15-24-12-5-10-22-24)23-13-8-18(9-14-23)16-17-6-3-2-4-7-17/h2-7,10,12,18H,8-9,11,13-16H2,1H3,(H,20,21). The summed E-state index contributed by atoms with van der Waals surface area (Å²) in [7, 11) is 1.87. The molecule has 1 fully saturated rings. The molecule has 0 radical (unpaired) electrons. The Morgan fingerprint density at radius 3 is 2.67 bits per heavy atom. The Kier molecular flexibility index (Phi) is 5.88. The van der Waals surface area contributed by atoms with Crippen LogP contribution in [0.2, 0.25) is 0 Å². The number of benzene rings is 1. The molecule has 128 valence electrons. The van der Waals surface area contributed by atoms with Crippen molar-refractivity contribution in [2.24, 2.45) is 10.9 Å². The normalized spacial score (nSPS) is 16.4. The molecule has 1 aromatic heterocycles. The molecule has 5 nitrogen and oxygen atoms in total. The first-order valence-corrected chi connectivity index (χ1v) is 8.82. The van der Waals surface area contributed by atoms with E-state index >= 15 is 0 Å². The highest BCUT2D eigenvalue weighted by atomic mass is 15.3. The molecule has 1 aliphatic heterocycles. The number of aromatic nitrogens is 2. The van der Waals surface area contributed by atoms with Crippen LogP contribution < -0.4 is 5.32 Å². The zero-order valence-electron chi connectivity index (χ0n) is 14.4. The predicted octanol–water partition coefficient (Wildman–Crippen LogP) is 2.41. The van der Waals surface area contributed by atoms with E-state index in [9.17, 15) is 0 Å². The number of guanidine groups is 1. The second kappa shape index (κ2) is 8.52. The molecule has 5 heteroatoms. The van der Waals surface area contributed by atoms with Crippen LogP contribution >= 0.6 is 0 Å². The van der Waals surface area contributed by atoms with Crippen molar-refractivity contribution in [3.8, 4) is 0 Å². The lowest BCUT2D eigenvalue weighted by atomic mass is 9.90. The number of likely N-dealkylation sites (tertiary alicyclic amines) is 1. The van der Waals surface area contributed by atoms with Crippen molar-refractivity contribution in [1.82, 2.24) is 20.0 Å². The van der Waals surface area contributed by atoms with Gasteiger partial charge in [-0.1, -0.05) is 30.3 Å². The minimum absolute atomic E-state index is 0.783. The van der Waals surface area contributed by atoms with Crippen LogP contribution in [-0.4, -0.2) is 47.3 Å². The molecular formula is C19H27N5. The van der Waals surface area contributed by atoms with Crippen LogP contribution in [0.5, 0.6) is 0 Å². The molecule has 1 N–H and O–H groups in total. The maximum absolute atomic E-state index is 4.44. The Bertz CT molecular complexity index is 612. The maximum Gasteiger partial charge on any atom is 0.193 e. The molecule has 2 heterocycles. The van der Waals surface area contributed by atoms with Gasteiger partial charge in [0.05, 0.1) is 6.54 Å². The van der Waals surface area contributed by atoms with Gasteiger partial charge in [-0.15, -0.1) is 0 Å². The fourth-order valence-electron chi connectivity index (χ4n) is 3.34. The van der Waals surface area contributed by atoms with Gasteiger partial charge in [-0.3, -0.25) is 9.67 Å². The van der Waals surface area contributed by atoms with Crippen molar-refractivity contribution >= 4 is 5.96 Å². The van der Waals surface area contributed by atoms with Gasteiger partial charge in [0.1, 0.15) is 0 Å². The molecule has 3 rings (SSSR count). The van der Waals surface area contributed by atoms with E-state index in [2.05, 4.69) is 50.6 Å². The van der Waals surface area contributed by atoms with E-state index in [1.54, 1.807) is 0 Å². The van der Waals surface area contributed by atoms with Crippen LogP contribution in [0.25, 0.3) is 0 Å². The molecule has 24 heavy (non-hydrogen) atoms. The Morgan fingerprint density at radius 1 is 1.21 bits per heavy atom. The molecule has 1 aromatic carbocycles. The zero-order valence-corrected chi connectivity index (χ0v) is 14.4. The van der Waals surface area contributed by atoms with Crippen molar-refractivity contribution in [3.05, 3.63) is 54.4 Å². The van der Waals surface area contributed by atoms with Gasteiger partial charge in [0, 0.05) is 39.1 Å². The number of nitrogens with zero attached hydrogens (tertiary/aromatic N) is 4. The minimum Gasteiger partial charge on any atom is -0.354 e. The van der Waals surface area contributed by atoms with Crippen molar-refractivity contribution in [2.75, 3.05) is 26.7 Å². The molecule has 0 amide bonds. The summed E-state index contributed by atoms with van der Waals surface area (Å²) in [4.78, 5) is 6.82. The monoisotopic (exact) mass is 325 g/mol. The minimum atomic E-state index is 0.783. The summed E-state index contributed by atoms with van der Waals surface area (Å²) < 4.78 is 1.94. The summed E-state index contributed by atoms with van der Waals surface area (Å²) in [5.41, 5.74) is 1.46. The molecule has 0 bridgehead atoms. The van der Waals surface area contributed by atoms with E-state index in [1.165, 1.54) is 24.8 Å². The van der Waals surface area contributed by atoms with Crippen LogP contribution in [0.15, 0.2) is 53.8 Å². The summed E-state index contributed by atoms with van der Waals surface area (Å²) in [6, 6.07) is 12.8. The van der Waals surface area contributed by atoms with Gasteiger partial charge in [-0.2, -0.15) is 5.10 Å². The largest absolute Gasteiger partial charge is 0.354 e. The smallest absolute Gasteiger partial charge is 0.193 e. The molecule has 1 saturated heterocycles. The lowest BCUT2D eigenvalue weighted by Gasteiger charge is -2.34.